The van der Waals surface area contributed by atoms with Crippen molar-refractivity contribution in [2.24, 2.45) is 40.1 Å². The number of rotatable bonds is 14. The fraction of sp³-hybridized carbons (Fsp3) is 0.762. The molecule has 2 aliphatic carbocycles. The van der Waals surface area contributed by atoms with Crippen LogP contribution in [0.5, 0.6) is 0 Å². The molecule has 6 atom stereocenters. The Hall–Kier alpha value is -2.14. The molecule has 47 heavy (non-hydrogen) atoms. The number of nitrogens with zero attached hydrogens (tertiary/aromatic N) is 1. The maximum Gasteiger partial charge on any atom is 0.0711 e. The van der Waals surface area contributed by atoms with E-state index in [1.54, 1.807) is 0 Å². The Kier molecular flexibility index (Phi) is 20.1. The predicted molar refractivity (Wildman–Crippen MR) is 212 cm³/mol. The average molecular weight is 656 g/mol. The van der Waals surface area contributed by atoms with Gasteiger partial charge in [-0.15, -0.1) is 0 Å². The highest BCUT2D eigenvalue weighted by atomic mass is 15.3. The smallest absolute Gasteiger partial charge is 0.0711 e. The van der Waals surface area contributed by atoms with Crippen LogP contribution in [0.1, 0.15) is 147 Å². The molecular weight excluding hydrogens is 574 g/mol. The maximum atomic E-state index is 6.85. The Balaban J connectivity index is 0.00000104. The van der Waals surface area contributed by atoms with Gasteiger partial charge in [0.1, 0.15) is 0 Å². The molecule has 5 nitrogen and oxygen atoms in total. The highest BCUT2D eigenvalue weighted by Crippen LogP contribution is 2.53. The Labute approximate surface area is 294 Å². The van der Waals surface area contributed by atoms with Gasteiger partial charge in [0.2, 0.25) is 0 Å². The second-order valence-corrected chi connectivity index (χ2v) is 16.2. The van der Waals surface area contributed by atoms with Crippen molar-refractivity contribution in [2.75, 3.05) is 6.54 Å². The number of nitrogens with one attached hydrogen (secondary N) is 2. The van der Waals surface area contributed by atoms with Crippen LogP contribution in [0.3, 0.4) is 0 Å². The quantitative estimate of drug-likeness (QED) is 0.140. The first-order valence-electron chi connectivity index (χ1n) is 19.1. The Morgan fingerprint density at radius 2 is 1.49 bits per heavy atom. The Morgan fingerprint density at radius 1 is 0.957 bits per heavy atom. The standard InChI is InChI=1S/C26H44N4.C11H23N.C3H8.C2H6/c1-16(2)13-23(17(3)18(4)27)29-19(5)24-22-14-21(22)15-30(24)20(6)25(28)26(7)11-9-8-10-12-26;1-7-8-10(11(4,5)6)12-9(2)3;1-3-2;1-2/h16,21-25,29H,3-6,8-15,27-28H2,1-2,7H3;10,12H,2,7-8H2,1,3-6H3;3H2,1-2H3;1-2H3/t21-,22-,23?,24?,25?;;;/m0.../s1. The van der Waals surface area contributed by atoms with Gasteiger partial charge in [-0.3, -0.25) is 0 Å². The summed E-state index contributed by atoms with van der Waals surface area (Å²) in [6.07, 6.45) is 12.2. The number of hydrogen-bond acceptors (Lipinski definition) is 5. The highest BCUT2D eigenvalue weighted by Gasteiger charge is 2.55. The molecule has 1 saturated heterocycles. The molecule has 0 aromatic heterocycles. The van der Waals surface area contributed by atoms with E-state index < -0.39 is 0 Å². The Morgan fingerprint density at radius 3 is 1.91 bits per heavy atom. The number of fused-ring (bicyclic) bond motifs is 1. The van der Waals surface area contributed by atoms with Crippen LogP contribution in [0.4, 0.5) is 0 Å². The zero-order chi connectivity index (χ0) is 36.7. The minimum absolute atomic E-state index is 0.0100. The summed E-state index contributed by atoms with van der Waals surface area (Å²) in [5, 5.41) is 7.11. The van der Waals surface area contributed by atoms with Crippen LogP contribution in [0.15, 0.2) is 61.3 Å². The van der Waals surface area contributed by atoms with Gasteiger partial charge in [0.15, 0.2) is 0 Å². The maximum absolute atomic E-state index is 6.85. The van der Waals surface area contributed by atoms with Gasteiger partial charge in [-0.25, -0.2) is 0 Å². The first-order chi connectivity index (χ1) is 21.8. The normalized spacial score (nSPS) is 22.7. The molecule has 0 radical (unpaired) electrons. The fourth-order valence-electron chi connectivity index (χ4n) is 7.06. The lowest BCUT2D eigenvalue weighted by Gasteiger charge is -2.44. The summed E-state index contributed by atoms with van der Waals surface area (Å²) in [7, 11) is 0. The van der Waals surface area contributed by atoms with E-state index in [0.717, 1.165) is 41.5 Å². The van der Waals surface area contributed by atoms with E-state index in [2.05, 4.69) is 111 Å². The van der Waals surface area contributed by atoms with E-state index >= 15 is 0 Å². The third-order valence-corrected chi connectivity index (χ3v) is 9.92. The lowest BCUT2D eigenvalue weighted by molar-refractivity contribution is 0.156. The second kappa shape index (κ2) is 21.1. The van der Waals surface area contributed by atoms with Gasteiger partial charge in [-0.2, -0.15) is 0 Å². The van der Waals surface area contributed by atoms with Crippen molar-refractivity contribution in [3.05, 3.63) is 61.3 Å². The van der Waals surface area contributed by atoms with Crippen molar-refractivity contribution in [1.82, 2.24) is 15.5 Å². The molecule has 4 unspecified atom stereocenters. The number of hydrogen-bond donors (Lipinski definition) is 4. The van der Waals surface area contributed by atoms with Crippen molar-refractivity contribution in [3.8, 4) is 0 Å². The molecule has 5 heteroatoms. The molecule has 0 bridgehead atoms. The SMILES string of the molecule is C=C(C)NC(CCC)C(C)(C)C.C=C(N)C(=C)C(CC(C)C)NC(=C)C1[C@H]2C[C@H]2CN1C(=C)C(N)C1(C)CCCCC1.CC.CCC. The topological polar surface area (TPSA) is 79.3 Å². The van der Waals surface area contributed by atoms with Crippen molar-refractivity contribution in [2.45, 2.75) is 171 Å². The second-order valence-electron chi connectivity index (χ2n) is 16.2. The lowest BCUT2D eigenvalue weighted by Crippen LogP contribution is -2.50. The molecule has 3 rings (SSSR count). The van der Waals surface area contributed by atoms with Crippen LogP contribution in [0, 0.1) is 28.6 Å². The van der Waals surface area contributed by atoms with E-state index in [1.165, 1.54) is 57.8 Å². The summed E-state index contributed by atoms with van der Waals surface area (Å²) < 4.78 is 0. The largest absolute Gasteiger partial charge is 0.399 e. The first kappa shape index (κ1) is 44.9. The van der Waals surface area contributed by atoms with Crippen LogP contribution in [-0.4, -0.2) is 35.6 Å². The van der Waals surface area contributed by atoms with E-state index in [9.17, 15) is 0 Å². The van der Waals surface area contributed by atoms with Crippen LogP contribution in [0.2, 0.25) is 0 Å². The number of nitrogens with two attached hydrogens (primary N) is 2. The molecule has 3 aliphatic rings. The van der Waals surface area contributed by atoms with Crippen molar-refractivity contribution in [3.63, 3.8) is 0 Å². The van der Waals surface area contributed by atoms with Gasteiger partial charge in [0.05, 0.1) is 12.1 Å². The van der Waals surface area contributed by atoms with Gasteiger partial charge >= 0.3 is 0 Å². The molecule has 1 heterocycles. The molecule has 1 aliphatic heterocycles. The van der Waals surface area contributed by atoms with Crippen molar-refractivity contribution in [1.29, 1.82) is 0 Å². The van der Waals surface area contributed by atoms with Crippen LogP contribution < -0.4 is 22.1 Å². The predicted octanol–water partition coefficient (Wildman–Crippen LogP) is 10.4. The molecule has 0 spiro atoms. The zero-order valence-corrected chi connectivity index (χ0v) is 33.5. The number of piperidine rings is 1. The van der Waals surface area contributed by atoms with Crippen LogP contribution in [-0.2, 0) is 0 Å². The number of allylic oxidation sites excluding steroid dienone is 1. The molecule has 0 aromatic rings. The summed E-state index contributed by atoms with van der Waals surface area (Å²) in [6, 6.07) is 0.887. The van der Waals surface area contributed by atoms with Gasteiger partial charge in [0, 0.05) is 41.4 Å². The molecule has 0 amide bonds. The minimum Gasteiger partial charge on any atom is -0.399 e. The van der Waals surface area contributed by atoms with E-state index in [0.29, 0.717) is 29.0 Å². The third kappa shape index (κ3) is 14.5. The monoisotopic (exact) mass is 656 g/mol. The summed E-state index contributed by atoms with van der Waals surface area (Å²) in [4.78, 5) is 2.46. The average Bonchev–Trinajstić information content (AvgIpc) is 3.65. The molecule has 6 N–H and O–H groups in total. The lowest BCUT2D eigenvalue weighted by atomic mass is 9.70. The molecular formula is C42H81N5. The minimum atomic E-state index is 0.0100. The highest BCUT2D eigenvalue weighted by molar-refractivity contribution is 5.31. The van der Waals surface area contributed by atoms with Gasteiger partial charge in [0.25, 0.3) is 0 Å². The van der Waals surface area contributed by atoms with Crippen molar-refractivity contribution >= 4 is 0 Å². The molecule has 274 valence electrons. The van der Waals surface area contributed by atoms with E-state index in [1.807, 2.05) is 20.8 Å². The Bertz CT molecular complexity index is 979. The summed E-state index contributed by atoms with van der Waals surface area (Å²) >= 11 is 0. The summed E-state index contributed by atoms with van der Waals surface area (Å²) in [6.45, 7) is 48.1. The zero-order valence-electron chi connectivity index (χ0n) is 33.5. The van der Waals surface area contributed by atoms with Crippen LogP contribution >= 0.6 is 0 Å². The molecule has 0 aromatic carbocycles. The van der Waals surface area contributed by atoms with Crippen LogP contribution in [0.25, 0.3) is 0 Å². The van der Waals surface area contributed by atoms with E-state index in [-0.39, 0.29) is 23.5 Å². The van der Waals surface area contributed by atoms with E-state index in [4.69, 9.17) is 11.5 Å². The summed E-state index contributed by atoms with van der Waals surface area (Å²) in [5.74, 6) is 1.92. The van der Waals surface area contributed by atoms with Gasteiger partial charge < -0.3 is 27.0 Å². The first-order valence-corrected chi connectivity index (χ1v) is 19.1. The van der Waals surface area contributed by atoms with Gasteiger partial charge in [-0.1, -0.05) is 141 Å². The van der Waals surface area contributed by atoms with Gasteiger partial charge in [-0.05, 0) is 73.2 Å². The summed E-state index contributed by atoms with van der Waals surface area (Å²) in [5.41, 5.74) is 18.0. The van der Waals surface area contributed by atoms with Crippen molar-refractivity contribution < 1.29 is 0 Å². The fourth-order valence-corrected chi connectivity index (χ4v) is 7.06. The molecule has 2 saturated carbocycles. The third-order valence-electron chi connectivity index (χ3n) is 9.92. The molecule has 3 fully saturated rings. The number of likely N-dealkylation sites (tertiary alicyclic amines) is 1.